The maximum absolute atomic E-state index is 12.0. The SMILES string of the molecule is CN(C)c1ccc(NC(=O)CC(C)(C)CC(=O)O)cc1Cl. The van der Waals surface area contributed by atoms with Crippen LogP contribution in [0.4, 0.5) is 11.4 Å². The first-order valence-electron chi connectivity index (χ1n) is 6.59. The number of hydrogen-bond donors (Lipinski definition) is 2. The molecule has 0 saturated heterocycles. The van der Waals surface area contributed by atoms with E-state index in [0.29, 0.717) is 10.7 Å². The summed E-state index contributed by atoms with van der Waals surface area (Å²) >= 11 is 6.14. The van der Waals surface area contributed by atoms with Crippen LogP contribution < -0.4 is 10.2 Å². The number of carboxylic acid groups (broad SMARTS) is 1. The molecule has 1 rings (SSSR count). The number of amides is 1. The molecule has 1 aromatic rings. The average Bonchev–Trinajstić information content (AvgIpc) is 2.24. The summed E-state index contributed by atoms with van der Waals surface area (Å²) < 4.78 is 0. The molecular weight excluding hydrogens is 292 g/mol. The third kappa shape index (κ3) is 5.63. The summed E-state index contributed by atoms with van der Waals surface area (Å²) in [5.41, 5.74) is 0.867. The van der Waals surface area contributed by atoms with E-state index >= 15 is 0 Å². The molecule has 2 N–H and O–H groups in total. The standard InChI is InChI=1S/C15H21ClN2O3/c1-15(2,9-14(20)21)8-13(19)17-10-5-6-12(18(3)4)11(16)7-10/h5-7H,8-9H2,1-4H3,(H,17,19)(H,20,21). The lowest BCUT2D eigenvalue weighted by molar-refractivity contribution is -0.139. The highest BCUT2D eigenvalue weighted by Gasteiger charge is 2.25. The largest absolute Gasteiger partial charge is 0.481 e. The first-order valence-corrected chi connectivity index (χ1v) is 6.97. The predicted octanol–water partition coefficient (Wildman–Crippen LogP) is 3.24. The van der Waals surface area contributed by atoms with Crippen molar-refractivity contribution < 1.29 is 14.7 Å². The Bertz CT molecular complexity index is 542. The first kappa shape index (κ1) is 17.3. The lowest BCUT2D eigenvalue weighted by Gasteiger charge is -2.21. The minimum Gasteiger partial charge on any atom is -0.481 e. The molecule has 6 heteroatoms. The fourth-order valence-corrected chi connectivity index (χ4v) is 2.41. The van der Waals surface area contributed by atoms with Gasteiger partial charge < -0.3 is 15.3 Å². The molecule has 0 heterocycles. The molecule has 0 spiro atoms. The summed E-state index contributed by atoms with van der Waals surface area (Å²) in [5, 5.41) is 12.1. The molecule has 1 amide bonds. The summed E-state index contributed by atoms with van der Waals surface area (Å²) in [5.74, 6) is -1.14. The molecular formula is C15H21ClN2O3. The number of anilines is 2. The minimum atomic E-state index is -0.911. The summed E-state index contributed by atoms with van der Waals surface area (Å²) in [7, 11) is 3.77. The van der Waals surface area contributed by atoms with Crippen molar-refractivity contribution in [3.63, 3.8) is 0 Å². The molecule has 0 aliphatic heterocycles. The fourth-order valence-electron chi connectivity index (χ4n) is 2.06. The van der Waals surface area contributed by atoms with Gasteiger partial charge in [0, 0.05) is 26.2 Å². The minimum absolute atomic E-state index is 0.0548. The van der Waals surface area contributed by atoms with Crippen LogP contribution in [0.25, 0.3) is 0 Å². The van der Waals surface area contributed by atoms with Crippen LogP contribution in [0.1, 0.15) is 26.7 Å². The fraction of sp³-hybridized carbons (Fsp3) is 0.467. The number of nitrogens with one attached hydrogen (secondary N) is 1. The number of rotatable bonds is 6. The molecule has 0 unspecified atom stereocenters. The Morgan fingerprint density at radius 1 is 1.29 bits per heavy atom. The predicted molar refractivity (Wildman–Crippen MR) is 85.1 cm³/mol. The van der Waals surface area contributed by atoms with Crippen molar-refractivity contribution in [3.05, 3.63) is 23.2 Å². The number of aliphatic carboxylic acids is 1. The molecule has 5 nitrogen and oxygen atoms in total. The molecule has 0 atom stereocenters. The van der Waals surface area contributed by atoms with Gasteiger partial charge in [-0.05, 0) is 23.6 Å². The van der Waals surface area contributed by atoms with Gasteiger partial charge in [0.25, 0.3) is 0 Å². The lowest BCUT2D eigenvalue weighted by atomic mass is 9.85. The van der Waals surface area contributed by atoms with Crippen molar-refractivity contribution in [2.75, 3.05) is 24.3 Å². The van der Waals surface area contributed by atoms with Crippen molar-refractivity contribution >= 4 is 34.9 Å². The first-order chi connectivity index (χ1) is 9.60. The van der Waals surface area contributed by atoms with E-state index in [1.54, 1.807) is 26.0 Å². The van der Waals surface area contributed by atoms with E-state index in [1.807, 2.05) is 25.1 Å². The monoisotopic (exact) mass is 312 g/mol. The molecule has 0 aliphatic rings. The van der Waals surface area contributed by atoms with E-state index in [1.165, 1.54) is 0 Å². The molecule has 0 saturated carbocycles. The van der Waals surface area contributed by atoms with Gasteiger partial charge in [-0.2, -0.15) is 0 Å². The van der Waals surface area contributed by atoms with E-state index < -0.39 is 11.4 Å². The van der Waals surface area contributed by atoms with Crippen LogP contribution in [0.5, 0.6) is 0 Å². The number of halogens is 1. The highest BCUT2D eigenvalue weighted by atomic mass is 35.5. The van der Waals surface area contributed by atoms with Crippen LogP contribution in [0, 0.1) is 5.41 Å². The van der Waals surface area contributed by atoms with Gasteiger partial charge in [0.15, 0.2) is 0 Å². The molecule has 0 radical (unpaired) electrons. The second kappa shape index (κ2) is 6.80. The number of hydrogen-bond acceptors (Lipinski definition) is 3. The van der Waals surface area contributed by atoms with Crippen LogP contribution in [0.3, 0.4) is 0 Å². The van der Waals surface area contributed by atoms with E-state index in [4.69, 9.17) is 16.7 Å². The Labute approximate surface area is 129 Å². The van der Waals surface area contributed by atoms with Crippen molar-refractivity contribution in [1.29, 1.82) is 0 Å². The normalized spacial score (nSPS) is 11.1. The van der Waals surface area contributed by atoms with Gasteiger partial charge in [-0.3, -0.25) is 9.59 Å². The van der Waals surface area contributed by atoms with E-state index in [-0.39, 0.29) is 18.7 Å². The smallest absolute Gasteiger partial charge is 0.303 e. The lowest BCUT2D eigenvalue weighted by Crippen LogP contribution is -2.24. The van der Waals surface area contributed by atoms with Crippen molar-refractivity contribution in [1.82, 2.24) is 0 Å². The third-order valence-electron chi connectivity index (χ3n) is 2.98. The Kier molecular flexibility index (Phi) is 5.61. The zero-order valence-corrected chi connectivity index (χ0v) is 13.5. The zero-order valence-electron chi connectivity index (χ0n) is 12.7. The number of carbonyl (C=O) groups is 2. The maximum Gasteiger partial charge on any atom is 0.303 e. The van der Waals surface area contributed by atoms with Gasteiger partial charge >= 0.3 is 5.97 Å². The second-order valence-corrected chi connectivity index (χ2v) is 6.43. The number of benzene rings is 1. The Hall–Kier alpha value is -1.75. The summed E-state index contributed by atoms with van der Waals surface area (Å²) in [4.78, 5) is 24.6. The van der Waals surface area contributed by atoms with Gasteiger partial charge in [-0.1, -0.05) is 25.4 Å². The molecule has 0 fully saturated rings. The topological polar surface area (TPSA) is 69.6 Å². The molecule has 0 aliphatic carbocycles. The number of carboxylic acids is 1. The van der Waals surface area contributed by atoms with E-state index in [0.717, 1.165) is 5.69 Å². The number of nitrogens with zero attached hydrogens (tertiary/aromatic N) is 1. The Balaban J connectivity index is 2.71. The Morgan fingerprint density at radius 3 is 2.38 bits per heavy atom. The quantitative estimate of drug-likeness (QED) is 0.846. The van der Waals surface area contributed by atoms with Crippen molar-refractivity contribution in [3.8, 4) is 0 Å². The van der Waals surface area contributed by atoms with Crippen LogP contribution in [0.15, 0.2) is 18.2 Å². The van der Waals surface area contributed by atoms with Gasteiger partial charge in [0.05, 0.1) is 17.1 Å². The van der Waals surface area contributed by atoms with E-state index in [9.17, 15) is 9.59 Å². The molecule has 0 aromatic heterocycles. The van der Waals surface area contributed by atoms with Crippen molar-refractivity contribution in [2.45, 2.75) is 26.7 Å². The van der Waals surface area contributed by atoms with Crippen molar-refractivity contribution in [2.24, 2.45) is 5.41 Å². The summed E-state index contributed by atoms with van der Waals surface area (Å²) in [6.45, 7) is 3.51. The summed E-state index contributed by atoms with van der Waals surface area (Å²) in [6, 6.07) is 5.27. The van der Waals surface area contributed by atoms with Gasteiger partial charge in [-0.25, -0.2) is 0 Å². The van der Waals surface area contributed by atoms with Gasteiger partial charge in [0.1, 0.15) is 0 Å². The average molecular weight is 313 g/mol. The zero-order chi connectivity index (χ0) is 16.2. The van der Waals surface area contributed by atoms with E-state index in [2.05, 4.69) is 5.32 Å². The molecule has 1 aromatic carbocycles. The highest BCUT2D eigenvalue weighted by molar-refractivity contribution is 6.33. The highest BCUT2D eigenvalue weighted by Crippen LogP contribution is 2.29. The third-order valence-corrected chi connectivity index (χ3v) is 3.28. The Morgan fingerprint density at radius 2 is 1.90 bits per heavy atom. The van der Waals surface area contributed by atoms with Crippen LogP contribution in [-0.4, -0.2) is 31.1 Å². The van der Waals surface area contributed by atoms with Gasteiger partial charge in [-0.15, -0.1) is 0 Å². The molecule has 116 valence electrons. The second-order valence-electron chi connectivity index (χ2n) is 6.02. The van der Waals surface area contributed by atoms with Crippen LogP contribution >= 0.6 is 11.6 Å². The van der Waals surface area contributed by atoms with Crippen LogP contribution in [0.2, 0.25) is 5.02 Å². The summed E-state index contributed by atoms with van der Waals surface area (Å²) in [6.07, 6.45) is 0.0765. The molecule has 0 bridgehead atoms. The van der Waals surface area contributed by atoms with Crippen LogP contribution in [-0.2, 0) is 9.59 Å². The number of carbonyl (C=O) groups excluding carboxylic acids is 1. The molecule has 21 heavy (non-hydrogen) atoms. The van der Waals surface area contributed by atoms with Gasteiger partial charge in [0.2, 0.25) is 5.91 Å². The maximum atomic E-state index is 12.0.